The Kier molecular flexibility index (Phi) is 2.14. The van der Waals surface area contributed by atoms with Gasteiger partial charge in [-0.2, -0.15) is 0 Å². The molecule has 0 aromatic rings. The van der Waals surface area contributed by atoms with Crippen LogP contribution in [0, 0.1) is 0 Å². The maximum atomic E-state index is 10.9. The van der Waals surface area contributed by atoms with E-state index in [4.69, 9.17) is 4.74 Å². The maximum Gasteiger partial charge on any atom is 0.410 e. The third-order valence-electron chi connectivity index (χ3n) is 1.53. The van der Waals surface area contributed by atoms with Gasteiger partial charge in [-0.25, -0.2) is 4.79 Å². The second-order valence-electron chi connectivity index (χ2n) is 2.64. The fourth-order valence-electron chi connectivity index (χ4n) is 1.12. The second-order valence-corrected chi connectivity index (χ2v) is 2.64. The Bertz CT molecular complexity index is 136. The van der Waals surface area contributed by atoms with Crippen molar-refractivity contribution in [2.75, 3.05) is 13.1 Å². The Labute approximate surface area is 61.0 Å². The molecule has 1 aliphatic heterocycles. The predicted octanol–water partition coefficient (Wildman–Crippen LogP) is 1.24. The SMILES string of the molecule is CCCN1C[C@@H](C)OC1=O. The Morgan fingerprint density at radius 1 is 1.80 bits per heavy atom. The number of rotatable bonds is 2. The lowest BCUT2D eigenvalue weighted by molar-refractivity contribution is 0.138. The van der Waals surface area contributed by atoms with Crippen LogP contribution in [0.25, 0.3) is 0 Å². The molecule has 0 saturated carbocycles. The van der Waals surface area contributed by atoms with Crippen LogP contribution < -0.4 is 0 Å². The Morgan fingerprint density at radius 3 is 2.90 bits per heavy atom. The van der Waals surface area contributed by atoms with E-state index in [1.54, 1.807) is 4.90 Å². The van der Waals surface area contributed by atoms with Crippen LogP contribution in [-0.4, -0.2) is 30.2 Å². The van der Waals surface area contributed by atoms with Crippen molar-refractivity contribution in [2.45, 2.75) is 26.4 Å². The van der Waals surface area contributed by atoms with E-state index in [1.807, 2.05) is 6.92 Å². The minimum absolute atomic E-state index is 0.0825. The first-order valence-electron chi connectivity index (χ1n) is 3.69. The fourth-order valence-corrected chi connectivity index (χ4v) is 1.12. The molecular formula is C7H13NO2. The normalized spacial score (nSPS) is 25.2. The Morgan fingerprint density at radius 2 is 2.50 bits per heavy atom. The van der Waals surface area contributed by atoms with E-state index >= 15 is 0 Å². The van der Waals surface area contributed by atoms with Gasteiger partial charge < -0.3 is 9.64 Å². The average molecular weight is 143 g/mol. The molecule has 3 nitrogen and oxygen atoms in total. The van der Waals surface area contributed by atoms with Gasteiger partial charge in [0.05, 0.1) is 6.54 Å². The summed E-state index contributed by atoms with van der Waals surface area (Å²) >= 11 is 0. The highest BCUT2D eigenvalue weighted by Crippen LogP contribution is 2.09. The summed E-state index contributed by atoms with van der Waals surface area (Å²) in [5, 5.41) is 0. The van der Waals surface area contributed by atoms with Crippen molar-refractivity contribution in [1.82, 2.24) is 4.90 Å². The zero-order valence-corrected chi connectivity index (χ0v) is 6.46. The molecule has 1 aliphatic rings. The summed E-state index contributed by atoms with van der Waals surface area (Å²) in [6.45, 7) is 5.54. The second kappa shape index (κ2) is 2.90. The van der Waals surface area contributed by atoms with Crippen molar-refractivity contribution in [3.05, 3.63) is 0 Å². The van der Waals surface area contributed by atoms with Crippen molar-refractivity contribution in [1.29, 1.82) is 0 Å². The number of hydrogen-bond acceptors (Lipinski definition) is 2. The average Bonchev–Trinajstić information content (AvgIpc) is 2.13. The molecular weight excluding hydrogens is 130 g/mol. The van der Waals surface area contributed by atoms with Gasteiger partial charge in [0.15, 0.2) is 0 Å². The summed E-state index contributed by atoms with van der Waals surface area (Å²) in [7, 11) is 0. The summed E-state index contributed by atoms with van der Waals surface area (Å²) in [5.74, 6) is 0. The molecule has 10 heavy (non-hydrogen) atoms. The van der Waals surface area contributed by atoms with E-state index in [-0.39, 0.29) is 12.2 Å². The number of hydrogen-bond donors (Lipinski definition) is 0. The van der Waals surface area contributed by atoms with E-state index in [2.05, 4.69) is 6.92 Å². The highest BCUT2D eigenvalue weighted by molar-refractivity contribution is 5.69. The number of nitrogens with zero attached hydrogens (tertiary/aromatic N) is 1. The van der Waals surface area contributed by atoms with Gasteiger partial charge in [-0.15, -0.1) is 0 Å². The van der Waals surface area contributed by atoms with Crippen LogP contribution in [0.3, 0.4) is 0 Å². The Hall–Kier alpha value is -0.730. The highest BCUT2D eigenvalue weighted by Gasteiger charge is 2.26. The first-order chi connectivity index (χ1) is 4.74. The maximum absolute atomic E-state index is 10.9. The minimum Gasteiger partial charge on any atom is -0.445 e. The lowest BCUT2D eigenvalue weighted by Gasteiger charge is -2.09. The summed E-state index contributed by atoms with van der Waals surface area (Å²) in [6.07, 6.45) is 0.926. The van der Waals surface area contributed by atoms with Crippen LogP contribution in [0.1, 0.15) is 20.3 Å². The molecule has 3 heteroatoms. The number of carbonyl (C=O) groups is 1. The number of amides is 1. The third-order valence-corrected chi connectivity index (χ3v) is 1.53. The van der Waals surface area contributed by atoms with Gasteiger partial charge in [0.25, 0.3) is 0 Å². The number of ether oxygens (including phenoxy) is 1. The summed E-state index contributed by atoms with van der Waals surface area (Å²) in [5.41, 5.74) is 0. The van der Waals surface area contributed by atoms with Gasteiger partial charge in [-0.3, -0.25) is 0 Å². The standard InChI is InChI=1S/C7H13NO2/c1-3-4-8-5-6(2)10-7(8)9/h6H,3-5H2,1-2H3/t6-/m1/s1. The molecule has 0 aromatic carbocycles. The van der Waals surface area contributed by atoms with Crippen LogP contribution in [-0.2, 0) is 4.74 Å². The topological polar surface area (TPSA) is 29.5 Å². The molecule has 0 radical (unpaired) electrons. The first-order valence-corrected chi connectivity index (χ1v) is 3.69. The molecule has 1 heterocycles. The predicted molar refractivity (Wildman–Crippen MR) is 37.8 cm³/mol. The van der Waals surface area contributed by atoms with Crippen molar-refractivity contribution in [3.63, 3.8) is 0 Å². The number of carbonyl (C=O) groups excluding carboxylic acids is 1. The monoisotopic (exact) mass is 143 g/mol. The van der Waals surface area contributed by atoms with Gasteiger partial charge in [0.2, 0.25) is 0 Å². The molecule has 0 aromatic heterocycles. The number of cyclic esters (lactones) is 1. The van der Waals surface area contributed by atoms with Crippen LogP contribution >= 0.6 is 0 Å². The smallest absolute Gasteiger partial charge is 0.410 e. The zero-order valence-electron chi connectivity index (χ0n) is 6.46. The molecule has 1 amide bonds. The summed E-state index contributed by atoms with van der Waals surface area (Å²) in [6, 6.07) is 0. The van der Waals surface area contributed by atoms with E-state index < -0.39 is 0 Å². The highest BCUT2D eigenvalue weighted by atomic mass is 16.6. The van der Waals surface area contributed by atoms with Crippen LogP contribution in [0.15, 0.2) is 0 Å². The van der Waals surface area contributed by atoms with E-state index in [1.165, 1.54) is 0 Å². The molecule has 1 rings (SSSR count). The molecule has 0 bridgehead atoms. The lowest BCUT2D eigenvalue weighted by Crippen LogP contribution is -2.25. The van der Waals surface area contributed by atoms with Crippen molar-refractivity contribution >= 4 is 6.09 Å². The largest absolute Gasteiger partial charge is 0.445 e. The zero-order chi connectivity index (χ0) is 7.56. The van der Waals surface area contributed by atoms with E-state index in [0.717, 1.165) is 19.5 Å². The third kappa shape index (κ3) is 1.40. The van der Waals surface area contributed by atoms with Crippen LogP contribution in [0.5, 0.6) is 0 Å². The van der Waals surface area contributed by atoms with E-state index in [0.29, 0.717) is 0 Å². The fraction of sp³-hybridized carbons (Fsp3) is 0.857. The molecule has 58 valence electrons. The quantitative estimate of drug-likeness (QED) is 0.582. The lowest BCUT2D eigenvalue weighted by atomic mass is 10.4. The molecule has 1 saturated heterocycles. The first kappa shape index (κ1) is 7.38. The van der Waals surface area contributed by atoms with Crippen molar-refractivity contribution in [3.8, 4) is 0 Å². The Balaban J connectivity index is 2.39. The van der Waals surface area contributed by atoms with Gasteiger partial charge in [-0.05, 0) is 13.3 Å². The van der Waals surface area contributed by atoms with Crippen LogP contribution in [0.4, 0.5) is 4.79 Å². The van der Waals surface area contributed by atoms with Gasteiger partial charge in [-0.1, -0.05) is 6.92 Å². The van der Waals surface area contributed by atoms with Crippen molar-refractivity contribution < 1.29 is 9.53 Å². The van der Waals surface area contributed by atoms with Crippen LogP contribution in [0.2, 0.25) is 0 Å². The molecule has 0 unspecified atom stereocenters. The summed E-state index contributed by atoms with van der Waals surface area (Å²) < 4.78 is 4.91. The van der Waals surface area contributed by atoms with Gasteiger partial charge in [0.1, 0.15) is 6.10 Å². The minimum atomic E-state index is -0.158. The molecule has 0 aliphatic carbocycles. The van der Waals surface area contributed by atoms with Gasteiger partial charge >= 0.3 is 6.09 Å². The molecule has 1 fully saturated rings. The van der Waals surface area contributed by atoms with Gasteiger partial charge in [0, 0.05) is 6.54 Å². The van der Waals surface area contributed by atoms with E-state index in [9.17, 15) is 4.79 Å². The molecule has 0 spiro atoms. The summed E-state index contributed by atoms with van der Waals surface area (Å²) in [4.78, 5) is 12.6. The van der Waals surface area contributed by atoms with Crippen molar-refractivity contribution in [2.24, 2.45) is 0 Å². The molecule has 0 N–H and O–H groups in total. The molecule has 1 atom stereocenters.